The van der Waals surface area contributed by atoms with E-state index in [0.717, 1.165) is 0 Å². The summed E-state index contributed by atoms with van der Waals surface area (Å²) in [6.45, 7) is 0.375. The molecule has 0 aromatic heterocycles. The number of nitrogens with zero attached hydrogens (tertiary/aromatic N) is 1. The molecular formula is C11H9F2N3O. The van der Waals surface area contributed by atoms with Gasteiger partial charge in [0, 0.05) is 13.0 Å². The maximum absolute atomic E-state index is 13.5. The Balaban J connectivity index is 2.20. The van der Waals surface area contributed by atoms with E-state index in [1.54, 1.807) is 6.07 Å². The number of rotatable bonds is 2. The van der Waals surface area contributed by atoms with Crippen LogP contribution in [0, 0.1) is 23.0 Å². The van der Waals surface area contributed by atoms with Gasteiger partial charge in [0.2, 0.25) is 5.91 Å². The Labute approximate surface area is 96.2 Å². The summed E-state index contributed by atoms with van der Waals surface area (Å²) in [7, 11) is 0. The van der Waals surface area contributed by atoms with E-state index in [1.165, 1.54) is 12.1 Å². The average molecular weight is 237 g/mol. The fourth-order valence-corrected chi connectivity index (χ4v) is 1.67. The zero-order valence-corrected chi connectivity index (χ0v) is 8.76. The number of hydrogen-bond donors (Lipinski definition) is 2. The smallest absolute Gasteiger partial charge is 0.222 e. The molecule has 1 fully saturated rings. The molecule has 1 atom stereocenters. The van der Waals surface area contributed by atoms with Crippen LogP contribution in [0.1, 0.15) is 12.0 Å². The van der Waals surface area contributed by atoms with Crippen LogP contribution >= 0.6 is 0 Å². The molecule has 0 spiro atoms. The molecule has 1 amide bonds. The van der Waals surface area contributed by atoms with Crippen LogP contribution in [0.5, 0.6) is 0 Å². The van der Waals surface area contributed by atoms with Crippen molar-refractivity contribution in [2.24, 2.45) is 0 Å². The van der Waals surface area contributed by atoms with Gasteiger partial charge in [-0.3, -0.25) is 4.79 Å². The molecule has 0 radical (unpaired) electrons. The third kappa shape index (κ3) is 2.18. The molecule has 1 heterocycles. The molecule has 1 aromatic carbocycles. The number of hydrogen-bond acceptors (Lipinski definition) is 3. The lowest BCUT2D eigenvalue weighted by Gasteiger charge is -2.13. The van der Waals surface area contributed by atoms with Crippen molar-refractivity contribution in [1.82, 2.24) is 5.32 Å². The zero-order chi connectivity index (χ0) is 12.4. The summed E-state index contributed by atoms with van der Waals surface area (Å²) in [6.07, 6.45) is 0.223. The van der Waals surface area contributed by atoms with Crippen molar-refractivity contribution in [3.8, 4) is 6.07 Å². The topological polar surface area (TPSA) is 64.9 Å². The van der Waals surface area contributed by atoms with Crippen molar-refractivity contribution in [3.63, 3.8) is 0 Å². The lowest BCUT2D eigenvalue weighted by atomic mass is 10.1. The number of halogens is 2. The number of benzene rings is 1. The van der Waals surface area contributed by atoms with Gasteiger partial charge in [-0.15, -0.1) is 0 Å². The average Bonchev–Trinajstić information content (AvgIpc) is 2.71. The highest BCUT2D eigenvalue weighted by atomic mass is 19.2. The second-order valence-electron chi connectivity index (χ2n) is 3.75. The summed E-state index contributed by atoms with van der Waals surface area (Å²) in [4.78, 5) is 10.9. The van der Waals surface area contributed by atoms with Gasteiger partial charge in [-0.2, -0.15) is 5.26 Å². The SMILES string of the molecule is N#Cc1ccc(NC2CNC(=O)C2)c(F)c1F. The van der Waals surface area contributed by atoms with Crippen molar-refractivity contribution < 1.29 is 13.6 Å². The molecule has 1 aliphatic rings. The highest BCUT2D eigenvalue weighted by Crippen LogP contribution is 2.21. The first kappa shape index (κ1) is 11.3. The molecule has 17 heavy (non-hydrogen) atoms. The Morgan fingerprint density at radius 3 is 2.76 bits per heavy atom. The van der Waals surface area contributed by atoms with Crippen molar-refractivity contribution in [2.45, 2.75) is 12.5 Å². The Morgan fingerprint density at radius 2 is 2.18 bits per heavy atom. The van der Waals surface area contributed by atoms with Crippen molar-refractivity contribution in [1.29, 1.82) is 5.26 Å². The van der Waals surface area contributed by atoms with Crippen LogP contribution < -0.4 is 10.6 Å². The third-order valence-corrected chi connectivity index (χ3v) is 2.54. The third-order valence-electron chi connectivity index (χ3n) is 2.54. The lowest BCUT2D eigenvalue weighted by molar-refractivity contribution is -0.119. The van der Waals surface area contributed by atoms with Crippen molar-refractivity contribution in [2.75, 3.05) is 11.9 Å². The Bertz CT molecular complexity index is 510. The van der Waals surface area contributed by atoms with Gasteiger partial charge in [0.05, 0.1) is 17.3 Å². The molecule has 88 valence electrons. The Morgan fingerprint density at radius 1 is 1.41 bits per heavy atom. The molecule has 6 heteroatoms. The lowest BCUT2D eigenvalue weighted by Crippen LogP contribution is -2.23. The van der Waals surface area contributed by atoms with E-state index in [0.29, 0.717) is 6.54 Å². The highest BCUT2D eigenvalue weighted by Gasteiger charge is 2.23. The highest BCUT2D eigenvalue weighted by molar-refractivity contribution is 5.79. The zero-order valence-electron chi connectivity index (χ0n) is 8.76. The number of anilines is 1. The van der Waals surface area contributed by atoms with E-state index in [2.05, 4.69) is 10.6 Å². The summed E-state index contributed by atoms with van der Waals surface area (Å²) in [5.41, 5.74) is -0.378. The molecule has 2 rings (SSSR count). The summed E-state index contributed by atoms with van der Waals surface area (Å²) in [5, 5.41) is 13.8. The summed E-state index contributed by atoms with van der Waals surface area (Å²) in [6, 6.07) is 3.79. The minimum absolute atomic E-state index is 0.0389. The molecule has 1 unspecified atom stereocenters. The fourth-order valence-electron chi connectivity index (χ4n) is 1.67. The maximum atomic E-state index is 13.5. The van der Waals surface area contributed by atoms with E-state index < -0.39 is 11.6 Å². The molecule has 0 bridgehead atoms. The fraction of sp³-hybridized carbons (Fsp3) is 0.273. The quantitative estimate of drug-likeness (QED) is 0.810. The van der Waals surface area contributed by atoms with Gasteiger partial charge in [0.15, 0.2) is 11.6 Å². The van der Waals surface area contributed by atoms with E-state index >= 15 is 0 Å². The second-order valence-corrected chi connectivity index (χ2v) is 3.75. The Kier molecular flexibility index (Phi) is 2.91. The largest absolute Gasteiger partial charge is 0.378 e. The monoisotopic (exact) mass is 237 g/mol. The van der Waals surface area contributed by atoms with Crippen LogP contribution in [0.4, 0.5) is 14.5 Å². The number of nitrogens with one attached hydrogen (secondary N) is 2. The van der Waals surface area contributed by atoms with Gasteiger partial charge in [-0.25, -0.2) is 8.78 Å². The van der Waals surface area contributed by atoms with Crippen LogP contribution in [-0.4, -0.2) is 18.5 Å². The number of carbonyl (C=O) groups excluding carboxylic acids is 1. The molecule has 1 saturated heterocycles. The summed E-state index contributed by atoms with van der Waals surface area (Å²) >= 11 is 0. The predicted molar refractivity (Wildman–Crippen MR) is 56.1 cm³/mol. The van der Waals surface area contributed by atoms with E-state index in [-0.39, 0.29) is 29.6 Å². The van der Waals surface area contributed by atoms with Crippen LogP contribution in [0.2, 0.25) is 0 Å². The first-order valence-electron chi connectivity index (χ1n) is 5.03. The first-order valence-corrected chi connectivity index (χ1v) is 5.03. The van der Waals surface area contributed by atoms with Crippen LogP contribution in [0.25, 0.3) is 0 Å². The van der Waals surface area contributed by atoms with Gasteiger partial charge in [-0.1, -0.05) is 0 Å². The molecule has 0 aliphatic carbocycles. The molecule has 0 saturated carbocycles. The summed E-state index contributed by atoms with van der Waals surface area (Å²) in [5.74, 6) is -2.39. The first-order chi connectivity index (χ1) is 8.11. The maximum Gasteiger partial charge on any atom is 0.222 e. The summed E-state index contributed by atoms with van der Waals surface area (Å²) < 4.78 is 26.8. The number of carbonyl (C=O) groups is 1. The molecular weight excluding hydrogens is 228 g/mol. The van der Waals surface area contributed by atoms with E-state index in [9.17, 15) is 13.6 Å². The molecule has 4 nitrogen and oxygen atoms in total. The molecule has 1 aliphatic heterocycles. The second kappa shape index (κ2) is 4.37. The number of amides is 1. The van der Waals surface area contributed by atoms with Crippen LogP contribution in [-0.2, 0) is 4.79 Å². The van der Waals surface area contributed by atoms with Gasteiger partial charge in [-0.05, 0) is 12.1 Å². The van der Waals surface area contributed by atoms with Crippen LogP contribution in [0.3, 0.4) is 0 Å². The van der Waals surface area contributed by atoms with Crippen molar-refractivity contribution >= 4 is 11.6 Å². The van der Waals surface area contributed by atoms with Crippen molar-refractivity contribution in [3.05, 3.63) is 29.3 Å². The van der Waals surface area contributed by atoms with E-state index in [4.69, 9.17) is 5.26 Å². The van der Waals surface area contributed by atoms with Gasteiger partial charge in [0.1, 0.15) is 6.07 Å². The normalized spacial score (nSPS) is 18.6. The van der Waals surface area contributed by atoms with Crippen LogP contribution in [0.15, 0.2) is 12.1 Å². The van der Waals surface area contributed by atoms with E-state index in [1.807, 2.05) is 0 Å². The Hall–Kier alpha value is -2.16. The minimum atomic E-state index is -1.17. The van der Waals surface area contributed by atoms with Gasteiger partial charge in [0.25, 0.3) is 0 Å². The molecule has 1 aromatic rings. The van der Waals surface area contributed by atoms with Gasteiger partial charge >= 0.3 is 0 Å². The molecule has 2 N–H and O–H groups in total. The predicted octanol–water partition coefficient (Wildman–Crippen LogP) is 1.14. The minimum Gasteiger partial charge on any atom is -0.378 e. The van der Waals surface area contributed by atoms with Gasteiger partial charge < -0.3 is 10.6 Å². The number of nitriles is 1. The standard InChI is InChI=1S/C11H9F2N3O/c12-10-6(4-14)1-2-8(11(10)13)16-7-3-9(17)15-5-7/h1-2,7,16H,3,5H2,(H,15,17).